The van der Waals surface area contributed by atoms with Crippen molar-refractivity contribution in [3.8, 4) is 5.75 Å². The van der Waals surface area contributed by atoms with Crippen molar-refractivity contribution in [1.82, 2.24) is 4.90 Å². The Morgan fingerprint density at radius 3 is 2.09 bits per heavy atom. The first-order valence-electron chi connectivity index (χ1n) is 11.5. The van der Waals surface area contributed by atoms with Crippen LogP contribution in [-0.2, 0) is 6.42 Å². The summed E-state index contributed by atoms with van der Waals surface area (Å²) in [7, 11) is 2.11. The third kappa shape index (κ3) is 9.94. The van der Waals surface area contributed by atoms with E-state index in [-0.39, 0.29) is 0 Å². The van der Waals surface area contributed by atoms with Crippen molar-refractivity contribution in [2.75, 3.05) is 26.7 Å². The number of aryl methyl sites for hydroxylation is 2. The van der Waals surface area contributed by atoms with Gasteiger partial charge in [0.05, 0.1) is 13.7 Å². The van der Waals surface area contributed by atoms with Crippen LogP contribution in [0.2, 0.25) is 0 Å². The molecule has 182 valence electrons. The van der Waals surface area contributed by atoms with Crippen LogP contribution in [0.25, 0.3) is 11.0 Å². The highest BCUT2D eigenvalue weighted by molar-refractivity contribution is 14.1. The molecule has 1 aromatic heterocycles. The van der Waals surface area contributed by atoms with Crippen LogP contribution in [0.3, 0.4) is 0 Å². The molecule has 2 aromatic carbocycles. The molecular formula is C27H37I2NO3. The largest absolute Gasteiger partial charge is 0.492 e. The molecule has 0 spiro atoms. The minimum absolute atomic E-state index is 0.645. The van der Waals surface area contributed by atoms with Crippen molar-refractivity contribution in [3.63, 3.8) is 0 Å². The van der Waals surface area contributed by atoms with Gasteiger partial charge in [0.15, 0.2) is 0 Å². The molecule has 0 aliphatic rings. The average Bonchev–Trinajstić information content (AvgIpc) is 3.15. The second-order valence-corrected chi connectivity index (χ2v) is 9.93. The summed E-state index contributed by atoms with van der Waals surface area (Å²) in [5, 5.41) is 1.26. The van der Waals surface area contributed by atoms with E-state index in [4.69, 9.17) is 9.15 Å². The normalized spacial score (nSPS) is 10.3. The van der Waals surface area contributed by atoms with Crippen molar-refractivity contribution < 1.29 is 13.9 Å². The lowest BCUT2D eigenvalue weighted by molar-refractivity contribution is 0.112. The van der Waals surface area contributed by atoms with E-state index in [1.54, 1.807) is 0 Å². The number of ether oxygens (including phenoxy) is 1. The Kier molecular flexibility index (Phi) is 14.9. The zero-order valence-electron chi connectivity index (χ0n) is 20.7. The van der Waals surface area contributed by atoms with Crippen LogP contribution in [0.4, 0.5) is 0 Å². The van der Waals surface area contributed by atoms with Gasteiger partial charge in [-0.15, -0.1) is 0 Å². The Morgan fingerprint density at radius 1 is 1.03 bits per heavy atom. The summed E-state index contributed by atoms with van der Waals surface area (Å²) in [5.74, 6) is 2.03. The number of fused-ring (bicyclic) bond motifs is 1. The van der Waals surface area contributed by atoms with E-state index in [1.807, 2.05) is 31.2 Å². The standard InChI is InChI=1S/C13H16O.C9H8I2O2.C5H13N/c1-3-4-8-12-10(2)11-7-5-6-9-13(11)14-12;1-2-13-9-7(10)3-6(5-12)4-8(9)11;1-4-6(3)5-2/h5-7,9H,3-4,8H2,1-2H3;3-5H,2H2,1H3;4-5H2,1-3H3. The number of hydrogen-bond acceptors (Lipinski definition) is 4. The van der Waals surface area contributed by atoms with E-state index >= 15 is 0 Å². The number of unbranched alkanes of at least 4 members (excludes halogenated alkanes) is 1. The number of carbonyl (C=O) groups excluding carboxylic acids is 1. The van der Waals surface area contributed by atoms with Gasteiger partial charge in [0, 0.05) is 17.4 Å². The number of para-hydroxylation sites is 1. The number of rotatable bonds is 8. The van der Waals surface area contributed by atoms with E-state index in [2.05, 4.69) is 97.0 Å². The summed E-state index contributed by atoms with van der Waals surface area (Å²) in [6.07, 6.45) is 4.34. The average molecular weight is 677 g/mol. The van der Waals surface area contributed by atoms with Crippen LogP contribution in [0.15, 0.2) is 40.8 Å². The van der Waals surface area contributed by atoms with Gasteiger partial charge in [-0.05, 0) is 109 Å². The molecule has 6 heteroatoms. The number of aldehydes is 1. The highest BCUT2D eigenvalue weighted by Crippen LogP contribution is 2.28. The molecule has 0 saturated heterocycles. The molecule has 0 N–H and O–H groups in total. The van der Waals surface area contributed by atoms with E-state index in [1.165, 1.54) is 23.8 Å². The van der Waals surface area contributed by atoms with Crippen molar-refractivity contribution in [3.05, 3.63) is 60.4 Å². The number of hydrogen-bond donors (Lipinski definition) is 0. The smallest absolute Gasteiger partial charge is 0.150 e. The van der Waals surface area contributed by atoms with Gasteiger partial charge >= 0.3 is 0 Å². The summed E-state index contributed by atoms with van der Waals surface area (Å²) >= 11 is 4.34. The maximum absolute atomic E-state index is 10.5. The molecule has 4 nitrogen and oxygen atoms in total. The molecule has 1 heterocycles. The van der Waals surface area contributed by atoms with E-state index in [9.17, 15) is 4.79 Å². The number of benzene rings is 2. The fourth-order valence-electron chi connectivity index (χ4n) is 2.95. The summed E-state index contributed by atoms with van der Waals surface area (Å²) in [4.78, 5) is 12.8. The topological polar surface area (TPSA) is 42.7 Å². The van der Waals surface area contributed by atoms with Crippen LogP contribution in [0.1, 0.15) is 62.2 Å². The van der Waals surface area contributed by atoms with Crippen molar-refractivity contribution in [2.24, 2.45) is 0 Å². The Labute approximate surface area is 226 Å². The lowest BCUT2D eigenvalue weighted by Crippen LogP contribution is -2.15. The molecule has 0 amide bonds. The van der Waals surface area contributed by atoms with Crippen molar-refractivity contribution in [1.29, 1.82) is 0 Å². The predicted octanol–water partition coefficient (Wildman–Crippen LogP) is 8.15. The summed E-state index contributed by atoms with van der Waals surface area (Å²) in [6, 6.07) is 11.9. The molecule has 33 heavy (non-hydrogen) atoms. The van der Waals surface area contributed by atoms with Crippen LogP contribution >= 0.6 is 45.2 Å². The van der Waals surface area contributed by atoms with Crippen LogP contribution in [0, 0.1) is 14.1 Å². The Hall–Kier alpha value is -1.13. The van der Waals surface area contributed by atoms with Gasteiger partial charge in [0.25, 0.3) is 0 Å². The van der Waals surface area contributed by atoms with E-state index in [0.717, 1.165) is 50.0 Å². The third-order valence-electron chi connectivity index (χ3n) is 5.22. The van der Waals surface area contributed by atoms with Crippen molar-refractivity contribution >= 4 is 62.4 Å². The highest BCUT2D eigenvalue weighted by Gasteiger charge is 2.08. The van der Waals surface area contributed by atoms with E-state index in [0.29, 0.717) is 12.2 Å². The second-order valence-electron chi connectivity index (χ2n) is 7.60. The molecule has 0 saturated carbocycles. The van der Waals surface area contributed by atoms with Gasteiger partial charge in [-0.3, -0.25) is 4.79 Å². The number of nitrogens with zero attached hydrogens (tertiary/aromatic N) is 1. The summed E-state index contributed by atoms with van der Waals surface area (Å²) < 4.78 is 13.2. The Morgan fingerprint density at radius 2 is 1.64 bits per heavy atom. The SMILES string of the molecule is CCCCc1oc2ccccc2c1C.CCN(C)CC.CCOc1c(I)cc(C=O)cc1I. The van der Waals surface area contributed by atoms with Gasteiger partial charge in [0.1, 0.15) is 23.4 Å². The summed E-state index contributed by atoms with van der Waals surface area (Å²) in [6.45, 7) is 13.6. The molecule has 3 aromatic rings. The van der Waals surface area contributed by atoms with Gasteiger partial charge in [0.2, 0.25) is 0 Å². The highest BCUT2D eigenvalue weighted by atomic mass is 127. The van der Waals surface area contributed by atoms with Gasteiger partial charge in [-0.1, -0.05) is 45.4 Å². The lowest BCUT2D eigenvalue weighted by atomic mass is 10.1. The quantitative estimate of drug-likeness (QED) is 0.178. The van der Waals surface area contributed by atoms with Crippen molar-refractivity contribution in [2.45, 2.75) is 53.9 Å². The first-order chi connectivity index (χ1) is 15.8. The van der Waals surface area contributed by atoms with Crippen LogP contribution in [-0.4, -0.2) is 37.9 Å². The zero-order chi connectivity index (χ0) is 24.8. The maximum Gasteiger partial charge on any atom is 0.150 e. The predicted molar refractivity (Wildman–Crippen MR) is 157 cm³/mol. The first-order valence-corrected chi connectivity index (χ1v) is 13.7. The van der Waals surface area contributed by atoms with Gasteiger partial charge in [-0.25, -0.2) is 0 Å². The minimum atomic E-state index is 0.645. The fourth-order valence-corrected chi connectivity index (χ4v) is 5.08. The number of furan rings is 1. The minimum Gasteiger partial charge on any atom is -0.492 e. The Balaban J connectivity index is 0.000000268. The molecule has 0 atom stereocenters. The molecule has 0 unspecified atom stereocenters. The third-order valence-corrected chi connectivity index (χ3v) is 6.83. The first kappa shape index (κ1) is 29.9. The molecule has 0 aliphatic carbocycles. The van der Waals surface area contributed by atoms with Crippen LogP contribution < -0.4 is 4.74 Å². The fraction of sp³-hybridized carbons (Fsp3) is 0.444. The molecular weight excluding hydrogens is 640 g/mol. The second kappa shape index (κ2) is 16.5. The molecule has 0 bridgehead atoms. The van der Waals surface area contributed by atoms with Gasteiger partial charge in [-0.2, -0.15) is 0 Å². The zero-order valence-corrected chi connectivity index (χ0v) is 25.0. The van der Waals surface area contributed by atoms with E-state index < -0.39 is 0 Å². The molecule has 3 rings (SSSR count). The maximum atomic E-state index is 10.5. The molecule has 0 fully saturated rings. The lowest BCUT2D eigenvalue weighted by Gasteiger charge is -2.08. The number of carbonyl (C=O) groups is 1. The van der Waals surface area contributed by atoms with Crippen LogP contribution in [0.5, 0.6) is 5.75 Å². The molecule has 0 radical (unpaired) electrons. The number of halogens is 2. The monoisotopic (exact) mass is 677 g/mol. The van der Waals surface area contributed by atoms with Gasteiger partial charge < -0.3 is 14.1 Å². The molecule has 0 aliphatic heterocycles. The summed E-state index contributed by atoms with van der Waals surface area (Å²) in [5.41, 5.74) is 3.03. The Bertz CT molecular complexity index is 958.